The second kappa shape index (κ2) is 6.60. The number of non-ortho nitro benzene ring substituents is 1. The van der Waals surface area contributed by atoms with Crippen LogP contribution in [0.15, 0.2) is 72.9 Å². The predicted molar refractivity (Wildman–Crippen MR) is 101 cm³/mol. The molecule has 26 heavy (non-hydrogen) atoms. The Hall–Kier alpha value is -3.80. The van der Waals surface area contributed by atoms with E-state index in [9.17, 15) is 10.1 Å². The summed E-state index contributed by atoms with van der Waals surface area (Å²) in [6.45, 7) is 0. The maximum absolute atomic E-state index is 11.1. The molecule has 4 aromatic rings. The molecule has 0 radical (unpaired) electrons. The number of imidazole rings is 1. The predicted octanol–water partition coefficient (Wildman–Crippen LogP) is 4.50. The lowest BCUT2D eigenvalue weighted by Gasteiger charge is -2.05. The molecule has 2 heterocycles. The summed E-state index contributed by atoms with van der Waals surface area (Å²) >= 11 is 0. The van der Waals surface area contributed by atoms with Gasteiger partial charge in [-0.3, -0.25) is 14.7 Å². The smallest absolute Gasteiger partial charge is 0.271 e. The van der Waals surface area contributed by atoms with E-state index < -0.39 is 4.92 Å². The molecule has 0 aliphatic rings. The van der Waals surface area contributed by atoms with Gasteiger partial charge in [0.25, 0.3) is 5.69 Å². The quantitative estimate of drug-likeness (QED) is 0.404. The number of benzene rings is 2. The van der Waals surface area contributed by atoms with E-state index in [4.69, 9.17) is 0 Å². The van der Waals surface area contributed by atoms with Crippen LogP contribution >= 0.6 is 0 Å². The lowest BCUT2D eigenvalue weighted by atomic mass is 10.2. The third-order valence-electron chi connectivity index (χ3n) is 3.98. The Kier molecular flexibility index (Phi) is 3.99. The highest BCUT2D eigenvalue weighted by molar-refractivity contribution is 5.83. The van der Waals surface area contributed by atoms with Crippen LogP contribution in [0.1, 0.15) is 11.4 Å². The average Bonchev–Trinajstić information content (AvgIpc) is 3.05. The molecule has 6 heteroatoms. The van der Waals surface area contributed by atoms with Gasteiger partial charge in [-0.1, -0.05) is 42.5 Å². The van der Waals surface area contributed by atoms with Gasteiger partial charge in [-0.05, 0) is 29.8 Å². The third-order valence-corrected chi connectivity index (χ3v) is 3.98. The Bertz CT molecular complexity index is 1100. The van der Waals surface area contributed by atoms with Gasteiger partial charge in [0, 0.05) is 18.3 Å². The number of pyridine rings is 1. The van der Waals surface area contributed by atoms with Gasteiger partial charge >= 0.3 is 0 Å². The van der Waals surface area contributed by atoms with Gasteiger partial charge in [0.1, 0.15) is 11.6 Å². The Morgan fingerprint density at radius 2 is 1.77 bits per heavy atom. The van der Waals surface area contributed by atoms with Crippen LogP contribution in [0.25, 0.3) is 29.0 Å². The molecule has 0 aliphatic carbocycles. The lowest BCUT2D eigenvalue weighted by Crippen LogP contribution is -1.99. The Labute approximate surface area is 149 Å². The van der Waals surface area contributed by atoms with Crippen LogP contribution in [0, 0.1) is 10.1 Å². The van der Waals surface area contributed by atoms with Crippen molar-refractivity contribution in [3.63, 3.8) is 0 Å². The Morgan fingerprint density at radius 1 is 0.962 bits per heavy atom. The molecule has 0 saturated carbocycles. The van der Waals surface area contributed by atoms with Crippen molar-refractivity contribution in [3.05, 3.63) is 94.4 Å². The van der Waals surface area contributed by atoms with E-state index in [0.29, 0.717) is 17.2 Å². The Balaban J connectivity index is 1.90. The van der Waals surface area contributed by atoms with Crippen molar-refractivity contribution >= 4 is 28.9 Å². The summed E-state index contributed by atoms with van der Waals surface area (Å²) in [6.07, 6.45) is 5.54. The molecule has 0 unspecified atom stereocenters. The fourth-order valence-electron chi connectivity index (χ4n) is 2.77. The number of nitro benzene ring substituents is 1. The molecular formula is C20H14N4O2. The van der Waals surface area contributed by atoms with Crippen molar-refractivity contribution in [2.75, 3.05) is 0 Å². The van der Waals surface area contributed by atoms with Gasteiger partial charge in [-0.2, -0.15) is 0 Å². The molecule has 0 fully saturated rings. The maximum Gasteiger partial charge on any atom is 0.271 e. The minimum Gasteiger partial charge on any atom is -0.277 e. The molecule has 2 aromatic carbocycles. The van der Waals surface area contributed by atoms with E-state index in [2.05, 4.69) is 9.97 Å². The van der Waals surface area contributed by atoms with Crippen molar-refractivity contribution in [2.24, 2.45) is 0 Å². The third kappa shape index (κ3) is 2.95. The molecular weight excluding hydrogens is 328 g/mol. The molecule has 0 bridgehead atoms. The lowest BCUT2D eigenvalue weighted by molar-refractivity contribution is -0.384. The molecule has 126 valence electrons. The first-order chi connectivity index (χ1) is 12.7. The molecule has 0 aliphatic heterocycles. The van der Waals surface area contributed by atoms with Crippen LogP contribution in [0.5, 0.6) is 0 Å². The van der Waals surface area contributed by atoms with Crippen molar-refractivity contribution in [2.45, 2.75) is 0 Å². The van der Waals surface area contributed by atoms with Crippen LogP contribution in [-0.4, -0.2) is 19.5 Å². The monoisotopic (exact) mass is 342 g/mol. The topological polar surface area (TPSA) is 73.8 Å². The second-order valence-electron chi connectivity index (χ2n) is 5.67. The standard InChI is InChI=1S/C20H14N4O2/c25-24(26)16-10-11-18-17(14-16)22-20(12-9-15-6-2-1-3-7-15)23(18)19-8-4-5-13-21-19/h1-14H/b12-9+. The molecule has 0 atom stereocenters. The van der Waals surface area contributed by atoms with Crippen molar-refractivity contribution in [1.29, 1.82) is 0 Å². The second-order valence-corrected chi connectivity index (χ2v) is 5.67. The maximum atomic E-state index is 11.1. The molecule has 6 nitrogen and oxygen atoms in total. The molecule has 2 aromatic heterocycles. The summed E-state index contributed by atoms with van der Waals surface area (Å²) in [5, 5.41) is 11.1. The normalized spacial score (nSPS) is 11.2. The molecule has 0 amide bonds. The number of nitrogens with zero attached hydrogens (tertiary/aromatic N) is 4. The van der Waals surface area contributed by atoms with Crippen LogP contribution < -0.4 is 0 Å². The number of hydrogen-bond acceptors (Lipinski definition) is 4. The van der Waals surface area contributed by atoms with Crippen molar-refractivity contribution in [3.8, 4) is 5.82 Å². The molecule has 0 saturated heterocycles. The summed E-state index contributed by atoms with van der Waals surface area (Å²) in [7, 11) is 0. The van der Waals surface area contributed by atoms with Gasteiger partial charge < -0.3 is 0 Å². The van der Waals surface area contributed by atoms with Crippen molar-refractivity contribution < 1.29 is 4.92 Å². The molecule has 0 spiro atoms. The Morgan fingerprint density at radius 3 is 2.50 bits per heavy atom. The summed E-state index contributed by atoms with van der Waals surface area (Å²) in [5.41, 5.74) is 2.37. The van der Waals surface area contributed by atoms with E-state index in [1.165, 1.54) is 12.1 Å². The van der Waals surface area contributed by atoms with Gasteiger partial charge in [0.2, 0.25) is 0 Å². The average molecular weight is 342 g/mol. The summed E-state index contributed by atoms with van der Waals surface area (Å²) in [5.74, 6) is 1.36. The fraction of sp³-hybridized carbons (Fsp3) is 0. The van der Waals surface area contributed by atoms with E-state index in [1.807, 2.05) is 65.3 Å². The van der Waals surface area contributed by atoms with E-state index in [0.717, 1.165) is 11.1 Å². The summed E-state index contributed by atoms with van der Waals surface area (Å²) < 4.78 is 1.89. The number of aromatic nitrogens is 3. The van der Waals surface area contributed by atoms with Crippen molar-refractivity contribution in [1.82, 2.24) is 14.5 Å². The molecule has 4 rings (SSSR count). The van der Waals surface area contributed by atoms with Gasteiger partial charge in [0.15, 0.2) is 0 Å². The number of fused-ring (bicyclic) bond motifs is 1. The number of hydrogen-bond donors (Lipinski definition) is 0. The van der Waals surface area contributed by atoms with E-state index in [-0.39, 0.29) is 5.69 Å². The first kappa shape index (κ1) is 15.7. The number of rotatable bonds is 4. The van der Waals surface area contributed by atoms with Crippen LogP contribution in [-0.2, 0) is 0 Å². The van der Waals surface area contributed by atoms with Gasteiger partial charge in [0.05, 0.1) is 16.0 Å². The van der Waals surface area contributed by atoms with E-state index >= 15 is 0 Å². The zero-order valence-corrected chi connectivity index (χ0v) is 13.7. The first-order valence-corrected chi connectivity index (χ1v) is 8.04. The number of nitro groups is 1. The molecule has 0 N–H and O–H groups in total. The van der Waals surface area contributed by atoms with Crippen LogP contribution in [0.3, 0.4) is 0 Å². The fourth-order valence-corrected chi connectivity index (χ4v) is 2.77. The minimum absolute atomic E-state index is 0.0155. The highest BCUT2D eigenvalue weighted by Crippen LogP contribution is 2.25. The highest BCUT2D eigenvalue weighted by Gasteiger charge is 2.15. The zero-order valence-electron chi connectivity index (χ0n) is 13.7. The summed E-state index contributed by atoms with van der Waals surface area (Å²) in [6, 6.07) is 20.1. The highest BCUT2D eigenvalue weighted by atomic mass is 16.6. The summed E-state index contributed by atoms with van der Waals surface area (Å²) in [4.78, 5) is 19.6. The minimum atomic E-state index is -0.418. The van der Waals surface area contributed by atoms with Gasteiger partial charge in [-0.15, -0.1) is 0 Å². The SMILES string of the molecule is O=[N+]([O-])c1ccc2c(c1)nc(/C=C/c1ccccc1)n2-c1ccccn1. The van der Waals surface area contributed by atoms with E-state index in [1.54, 1.807) is 12.3 Å². The van der Waals surface area contributed by atoms with Crippen LogP contribution in [0.4, 0.5) is 5.69 Å². The van der Waals surface area contributed by atoms with Crippen LogP contribution in [0.2, 0.25) is 0 Å². The zero-order chi connectivity index (χ0) is 17.9. The largest absolute Gasteiger partial charge is 0.277 e. The van der Waals surface area contributed by atoms with Gasteiger partial charge in [-0.25, -0.2) is 9.97 Å². The first-order valence-electron chi connectivity index (χ1n) is 8.04.